The molecular weight excluding hydrogens is 434 g/mol. The predicted molar refractivity (Wildman–Crippen MR) is 130 cm³/mol. The van der Waals surface area contributed by atoms with Crippen molar-refractivity contribution in [3.8, 4) is 0 Å². The van der Waals surface area contributed by atoms with Gasteiger partial charge in [0, 0.05) is 48.4 Å². The van der Waals surface area contributed by atoms with Gasteiger partial charge in [-0.25, -0.2) is 14.6 Å². The maximum Gasteiger partial charge on any atom is 0.242 e. The lowest BCUT2D eigenvalue weighted by molar-refractivity contribution is 0.374. The summed E-state index contributed by atoms with van der Waals surface area (Å²) in [6.07, 6.45) is 7.58. The lowest BCUT2D eigenvalue weighted by Crippen LogP contribution is -2.48. The van der Waals surface area contributed by atoms with Crippen molar-refractivity contribution >= 4 is 23.4 Å². The van der Waals surface area contributed by atoms with E-state index in [4.69, 9.17) is 21.7 Å². The number of hydrogen-bond acceptors (Lipinski definition) is 6. The van der Waals surface area contributed by atoms with E-state index >= 15 is 0 Å². The molecule has 3 aromatic rings. The molecule has 0 amide bonds. The van der Waals surface area contributed by atoms with Crippen LogP contribution in [0.1, 0.15) is 55.1 Å². The molecule has 6 rings (SSSR count). The molecule has 8 heteroatoms. The van der Waals surface area contributed by atoms with Crippen LogP contribution in [-0.2, 0) is 6.54 Å². The zero-order valence-electron chi connectivity index (χ0n) is 19.0. The Kier molecular flexibility index (Phi) is 5.45. The van der Waals surface area contributed by atoms with Crippen LogP contribution in [0, 0.1) is 18.8 Å². The van der Waals surface area contributed by atoms with E-state index in [0.717, 1.165) is 60.8 Å². The van der Waals surface area contributed by atoms with Crippen LogP contribution < -0.4 is 10.2 Å². The van der Waals surface area contributed by atoms with Gasteiger partial charge in [-0.15, -0.1) is 5.10 Å². The highest BCUT2D eigenvalue weighted by Gasteiger charge is 2.43. The number of aryl methyl sites for hydroxylation is 2. The van der Waals surface area contributed by atoms with Gasteiger partial charge in [0.2, 0.25) is 5.95 Å². The molecule has 172 valence electrons. The van der Waals surface area contributed by atoms with Crippen molar-refractivity contribution in [1.82, 2.24) is 24.7 Å². The fourth-order valence-electron chi connectivity index (χ4n) is 6.00. The summed E-state index contributed by atoms with van der Waals surface area (Å²) in [7, 11) is 0. The van der Waals surface area contributed by atoms with Crippen LogP contribution in [0.4, 0.5) is 11.8 Å². The number of halogens is 1. The van der Waals surface area contributed by atoms with E-state index in [1.165, 1.54) is 24.8 Å². The van der Waals surface area contributed by atoms with E-state index < -0.39 is 0 Å². The van der Waals surface area contributed by atoms with Crippen LogP contribution in [0.25, 0.3) is 0 Å². The monoisotopic (exact) mass is 463 g/mol. The van der Waals surface area contributed by atoms with Crippen molar-refractivity contribution in [2.45, 2.75) is 57.5 Å². The molecule has 1 saturated carbocycles. The lowest BCUT2D eigenvalue weighted by Gasteiger charge is -2.38. The standard InChI is InChI=1S/C25H30ClN7/c1-16-12-22(28-15-27-16)32-13-18-5-6-19(14-32)23(18)29-25-30-24-21(4-2-3-11-33(24)31-25)17-7-9-20(26)10-8-17/h7-10,12,15,18-19,21,23H,2-6,11,13-14H2,1H3,(H,29,31)/t18-,19?,21?,23-/m0/s1. The molecule has 1 N–H and O–H groups in total. The second-order valence-electron chi connectivity index (χ2n) is 9.81. The maximum atomic E-state index is 6.13. The highest BCUT2D eigenvalue weighted by atomic mass is 35.5. The quantitative estimate of drug-likeness (QED) is 0.606. The third kappa shape index (κ3) is 4.07. The van der Waals surface area contributed by atoms with Gasteiger partial charge in [0.25, 0.3) is 0 Å². The molecule has 7 nitrogen and oxygen atoms in total. The van der Waals surface area contributed by atoms with Crippen LogP contribution in [0.15, 0.2) is 36.7 Å². The number of hydrogen-bond donors (Lipinski definition) is 1. The molecule has 0 radical (unpaired) electrons. The van der Waals surface area contributed by atoms with Gasteiger partial charge < -0.3 is 10.2 Å². The normalized spacial score (nSPS) is 26.7. The number of aromatic nitrogens is 5. The molecule has 33 heavy (non-hydrogen) atoms. The molecule has 0 spiro atoms. The van der Waals surface area contributed by atoms with Gasteiger partial charge >= 0.3 is 0 Å². The molecule has 1 aliphatic carbocycles. The minimum absolute atomic E-state index is 0.271. The molecule has 2 aliphatic heterocycles. The van der Waals surface area contributed by atoms with Gasteiger partial charge in [0.15, 0.2) is 0 Å². The highest BCUT2D eigenvalue weighted by molar-refractivity contribution is 6.30. The van der Waals surface area contributed by atoms with Crippen molar-refractivity contribution in [1.29, 1.82) is 0 Å². The number of rotatable bonds is 4. The average molecular weight is 464 g/mol. The Morgan fingerprint density at radius 3 is 2.55 bits per heavy atom. The van der Waals surface area contributed by atoms with Gasteiger partial charge in [-0.3, -0.25) is 0 Å². The number of benzene rings is 1. The number of nitrogens with one attached hydrogen (secondary N) is 1. The second-order valence-corrected chi connectivity index (χ2v) is 10.2. The molecule has 4 heterocycles. The molecule has 4 atom stereocenters. The summed E-state index contributed by atoms with van der Waals surface area (Å²) in [4.78, 5) is 16.3. The van der Waals surface area contributed by atoms with Gasteiger partial charge in [0.05, 0.1) is 0 Å². The van der Waals surface area contributed by atoms with Crippen LogP contribution >= 0.6 is 11.6 Å². The first-order chi connectivity index (χ1) is 16.1. The van der Waals surface area contributed by atoms with Gasteiger partial charge in [0.1, 0.15) is 18.0 Å². The van der Waals surface area contributed by atoms with Crippen molar-refractivity contribution in [3.05, 3.63) is 58.8 Å². The van der Waals surface area contributed by atoms with Crippen LogP contribution in [0.5, 0.6) is 0 Å². The van der Waals surface area contributed by atoms with Crippen LogP contribution in [-0.4, -0.2) is 43.9 Å². The van der Waals surface area contributed by atoms with Crippen molar-refractivity contribution in [2.24, 2.45) is 11.8 Å². The molecule has 2 unspecified atom stereocenters. The summed E-state index contributed by atoms with van der Waals surface area (Å²) in [5.41, 5.74) is 2.29. The lowest BCUT2D eigenvalue weighted by atomic mass is 9.92. The smallest absolute Gasteiger partial charge is 0.242 e. The Balaban J connectivity index is 1.21. The zero-order chi connectivity index (χ0) is 22.4. The third-order valence-corrected chi connectivity index (χ3v) is 7.89. The fraction of sp³-hybridized carbons (Fsp3) is 0.520. The third-order valence-electron chi connectivity index (χ3n) is 7.64. The Hall–Kier alpha value is -2.67. The van der Waals surface area contributed by atoms with Crippen molar-refractivity contribution < 1.29 is 0 Å². The zero-order valence-corrected chi connectivity index (χ0v) is 19.7. The van der Waals surface area contributed by atoms with E-state index in [1.807, 2.05) is 19.1 Å². The summed E-state index contributed by atoms with van der Waals surface area (Å²) in [6, 6.07) is 10.7. The molecule has 2 aromatic heterocycles. The number of piperidine rings is 1. The first kappa shape index (κ1) is 20.9. The summed E-state index contributed by atoms with van der Waals surface area (Å²) in [5, 5.41) is 9.45. The number of fused-ring (bicyclic) bond motifs is 3. The molecular formula is C25H30ClN7. The summed E-state index contributed by atoms with van der Waals surface area (Å²) in [6.45, 7) is 5.00. The number of nitrogens with zero attached hydrogens (tertiary/aromatic N) is 6. The van der Waals surface area contributed by atoms with E-state index in [-0.39, 0.29) is 5.92 Å². The molecule has 2 bridgehead atoms. The minimum Gasteiger partial charge on any atom is -0.356 e. The Morgan fingerprint density at radius 1 is 1.00 bits per heavy atom. The van der Waals surface area contributed by atoms with Gasteiger partial charge in [-0.1, -0.05) is 30.2 Å². The summed E-state index contributed by atoms with van der Waals surface area (Å²) >= 11 is 6.13. The van der Waals surface area contributed by atoms with E-state index in [9.17, 15) is 0 Å². The average Bonchev–Trinajstić information content (AvgIpc) is 3.22. The maximum absolute atomic E-state index is 6.13. The first-order valence-corrected chi connectivity index (χ1v) is 12.5. The second kappa shape index (κ2) is 8.60. The van der Waals surface area contributed by atoms with Crippen molar-refractivity contribution in [2.75, 3.05) is 23.3 Å². The van der Waals surface area contributed by atoms with E-state index in [2.05, 4.69) is 43.1 Å². The molecule has 2 fully saturated rings. The molecule has 3 aliphatic rings. The minimum atomic E-state index is 0.271. The predicted octanol–water partition coefficient (Wildman–Crippen LogP) is 4.67. The first-order valence-electron chi connectivity index (χ1n) is 12.1. The van der Waals surface area contributed by atoms with E-state index in [1.54, 1.807) is 6.33 Å². The highest BCUT2D eigenvalue weighted by Crippen LogP contribution is 2.40. The molecule has 1 saturated heterocycles. The number of anilines is 2. The van der Waals surface area contributed by atoms with Crippen LogP contribution in [0.3, 0.4) is 0 Å². The fourth-order valence-corrected chi connectivity index (χ4v) is 6.12. The van der Waals surface area contributed by atoms with Crippen LogP contribution in [0.2, 0.25) is 5.02 Å². The van der Waals surface area contributed by atoms with E-state index in [0.29, 0.717) is 17.9 Å². The largest absolute Gasteiger partial charge is 0.356 e. The summed E-state index contributed by atoms with van der Waals surface area (Å²) < 4.78 is 2.13. The molecule has 1 aromatic carbocycles. The van der Waals surface area contributed by atoms with Gasteiger partial charge in [-0.05, 0) is 62.1 Å². The Bertz CT molecular complexity index is 1110. The van der Waals surface area contributed by atoms with Crippen molar-refractivity contribution in [3.63, 3.8) is 0 Å². The summed E-state index contributed by atoms with van der Waals surface area (Å²) in [5.74, 6) is 4.35. The topological polar surface area (TPSA) is 71.8 Å². The Morgan fingerprint density at radius 2 is 1.79 bits per heavy atom. The SMILES string of the molecule is Cc1cc(N2CC3CC[C@@H](C2)[C@@H]3Nc2nc3n(n2)CCCCC3c2ccc(Cl)cc2)ncn1. The van der Waals surface area contributed by atoms with Gasteiger partial charge in [-0.2, -0.15) is 4.98 Å². The Labute approximate surface area is 199 Å².